The lowest BCUT2D eigenvalue weighted by molar-refractivity contribution is 0.0661. The van der Waals surface area contributed by atoms with Crippen LogP contribution in [0.4, 0.5) is 0 Å². The van der Waals surface area contributed by atoms with Crippen LogP contribution in [0.2, 0.25) is 0 Å². The Hall–Kier alpha value is -0.760. The molecule has 2 heterocycles. The molecule has 6 heteroatoms. The van der Waals surface area contributed by atoms with Gasteiger partial charge in [-0.1, -0.05) is 18.2 Å². The maximum atomic E-state index is 5.11. The molecule has 6 nitrogen and oxygen atoms in total. The Balaban J connectivity index is 1.43. The van der Waals surface area contributed by atoms with E-state index in [0.29, 0.717) is 6.04 Å². The predicted octanol–water partition coefficient (Wildman–Crippen LogP) is 1.17. The highest BCUT2D eigenvalue weighted by Gasteiger charge is 2.28. The molecule has 0 amide bonds. The lowest BCUT2D eigenvalue weighted by Crippen LogP contribution is -2.53. The topological polar surface area (TPSA) is 43.0 Å². The number of methoxy groups -OCH3 is 1. The Bertz CT molecular complexity index is 507. The number of likely N-dealkylation sites (tertiary alicyclic amines) is 1. The molecule has 1 unspecified atom stereocenters. The molecule has 3 aliphatic rings. The van der Waals surface area contributed by atoms with Crippen LogP contribution in [0.25, 0.3) is 0 Å². The molecule has 0 spiro atoms. The SMILES string of the molecule is COCCNCCNC(CN1CCC(N2CCN(C)CC2)CC1)C1=CCCC=C1. The lowest BCUT2D eigenvalue weighted by atomic mass is 9.97. The zero-order valence-corrected chi connectivity index (χ0v) is 18.7. The van der Waals surface area contributed by atoms with E-state index in [1.807, 2.05) is 0 Å². The van der Waals surface area contributed by atoms with E-state index < -0.39 is 0 Å². The largest absolute Gasteiger partial charge is 0.383 e. The molecule has 2 saturated heterocycles. The van der Waals surface area contributed by atoms with E-state index >= 15 is 0 Å². The van der Waals surface area contributed by atoms with Crippen molar-refractivity contribution in [2.45, 2.75) is 37.8 Å². The highest BCUT2D eigenvalue weighted by molar-refractivity contribution is 5.28. The number of nitrogens with zero attached hydrogens (tertiary/aromatic N) is 3. The molecule has 166 valence electrons. The maximum absolute atomic E-state index is 5.11. The molecule has 0 saturated carbocycles. The number of likely N-dealkylation sites (N-methyl/N-ethyl adjacent to an activating group) is 1. The number of piperazine rings is 1. The van der Waals surface area contributed by atoms with Crippen LogP contribution in [-0.2, 0) is 4.74 Å². The fourth-order valence-electron chi connectivity index (χ4n) is 4.73. The van der Waals surface area contributed by atoms with Gasteiger partial charge in [0.1, 0.15) is 0 Å². The minimum atomic E-state index is 0.441. The first-order valence-electron chi connectivity index (χ1n) is 11.7. The van der Waals surface area contributed by atoms with Gasteiger partial charge in [-0.05, 0) is 51.4 Å². The Morgan fingerprint density at radius 2 is 1.83 bits per heavy atom. The van der Waals surface area contributed by atoms with Gasteiger partial charge in [0, 0.05) is 71.6 Å². The van der Waals surface area contributed by atoms with Crippen molar-refractivity contribution in [1.29, 1.82) is 0 Å². The lowest BCUT2D eigenvalue weighted by Gasteiger charge is -2.42. The van der Waals surface area contributed by atoms with Gasteiger partial charge in [-0.15, -0.1) is 0 Å². The van der Waals surface area contributed by atoms with Crippen molar-refractivity contribution >= 4 is 0 Å². The highest BCUT2D eigenvalue weighted by atomic mass is 16.5. The second-order valence-corrected chi connectivity index (χ2v) is 8.80. The molecule has 0 radical (unpaired) electrons. The number of rotatable bonds is 11. The van der Waals surface area contributed by atoms with Gasteiger partial charge >= 0.3 is 0 Å². The van der Waals surface area contributed by atoms with Crippen molar-refractivity contribution in [2.75, 3.05) is 86.2 Å². The molecule has 3 rings (SSSR count). The Labute approximate surface area is 178 Å². The first-order valence-corrected chi connectivity index (χ1v) is 11.7. The van der Waals surface area contributed by atoms with Crippen LogP contribution in [0.15, 0.2) is 23.8 Å². The fraction of sp³-hybridized carbons (Fsp3) is 0.826. The standard InChI is InChI=1S/C23H43N5O/c1-26-15-17-28(18-16-26)22-8-13-27(14-9-22)20-23(21-6-4-3-5-7-21)25-11-10-24-12-19-29-2/h4,6-7,22-25H,3,5,8-20H2,1-2H3. The second-order valence-electron chi connectivity index (χ2n) is 8.80. The summed E-state index contributed by atoms with van der Waals surface area (Å²) in [5, 5.41) is 7.26. The molecule has 0 bridgehead atoms. The van der Waals surface area contributed by atoms with Crippen molar-refractivity contribution in [3.05, 3.63) is 23.8 Å². The van der Waals surface area contributed by atoms with Crippen molar-refractivity contribution in [1.82, 2.24) is 25.3 Å². The summed E-state index contributed by atoms with van der Waals surface area (Å²) in [7, 11) is 4.00. The minimum absolute atomic E-state index is 0.441. The molecule has 0 aromatic heterocycles. The first kappa shape index (κ1) is 22.9. The fourth-order valence-corrected chi connectivity index (χ4v) is 4.73. The average Bonchev–Trinajstić information content (AvgIpc) is 2.77. The Morgan fingerprint density at radius 1 is 1.03 bits per heavy atom. The number of ether oxygens (including phenoxy) is 1. The van der Waals surface area contributed by atoms with Crippen molar-refractivity contribution in [3.63, 3.8) is 0 Å². The van der Waals surface area contributed by atoms with E-state index in [1.54, 1.807) is 7.11 Å². The third-order valence-electron chi connectivity index (χ3n) is 6.65. The van der Waals surface area contributed by atoms with Gasteiger partial charge in [0.15, 0.2) is 0 Å². The molecule has 1 atom stereocenters. The molecular weight excluding hydrogens is 362 g/mol. The number of nitrogens with one attached hydrogen (secondary N) is 2. The van der Waals surface area contributed by atoms with Crippen LogP contribution < -0.4 is 10.6 Å². The number of hydrogen-bond donors (Lipinski definition) is 2. The third-order valence-corrected chi connectivity index (χ3v) is 6.65. The zero-order valence-electron chi connectivity index (χ0n) is 18.7. The zero-order chi connectivity index (χ0) is 20.3. The summed E-state index contributed by atoms with van der Waals surface area (Å²) in [5.74, 6) is 0. The van der Waals surface area contributed by atoms with Crippen LogP contribution in [0.3, 0.4) is 0 Å². The van der Waals surface area contributed by atoms with Crippen molar-refractivity contribution < 1.29 is 4.74 Å². The highest BCUT2D eigenvalue weighted by Crippen LogP contribution is 2.20. The van der Waals surface area contributed by atoms with E-state index in [0.717, 1.165) is 38.8 Å². The maximum Gasteiger partial charge on any atom is 0.0587 e. The normalized spacial score (nSPS) is 24.0. The summed E-state index contributed by atoms with van der Waals surface area (Å²) in [5.41, 5.74) is 1.48. The smallest absolute Gasteiger partial charge is 0.0587 e. The second kappa shape index (κ2) is 12.8. The van der Waals surface area contributed by atoms with E-state index in [1.165, 1.54) is 70.5 Å². The van der Waals surface area contributed by atoms with Gasteiger partial charge in [0.2, 0.25) is 0 Å². The van der Waals surface area contributed by atoms with Crippen molar-refractivity contribution in [3.8, 4) is 0 Å². The average molecular weight is 406 g/mol. The van der Waals surface area contributed by atoms with Gasteiger partial charge in [0.05, 0.1) is 6.61 Å². The Morgan fingerprint density at radius 3 is 2.52 bits per heavy atom. The third kappa shape index (κ3) is 7.78. The summed E-state index contributed by atoms with van der Waals surface area (Å²) >= 11 is 0. The summed E-state index contributed by atoms with van der Waals surface area (Å²) in [6, 6.07) is 1.24. The van der Waals surface area contributed by atoms with E-state index in [9.17, 15) is 0 Å². The van der Waals surface area contributed by atoms with Crippen LogP contribution in [0.5, 0.6) is 0 Å². The summed E-state index contributed by atoms with van der Waals surface area (Å²) < 4.78 is 5.11. The number of allylic oxidation sites excluding steroid dienone is 2. The van der Waals surface area contributed by atoms with Gasteiger partial charge < -0.3 is 25.2 Å². The molecule has 1 aliphatic carbocycles. The molecule has 2 aliphatic heterocycles. The van der Waals surface area contributed by atoms with Crippen LogP contribution in [-0.4, -0.2) is 113 Å². The van der Waals surface area contributed by atoms with E-state index in [-0.39, 0.29) is 0 Å². The summed E-state index contributed by atoms with van der Waals surface area (Å²) in [6.07, 6.45) is 12.1. The Kier molecular flexibility index (Phi) is 10.1. The van der Waals surface area contributed by atoms with Gasteiger partial charge in [-0.25, -0.2) is 0 Å². The van der Waals surface area contributed by atoms with Crippen LogP contribution in [0.1, 0.15) is 25.7 Å². The molecule has 0 aromatic carbocycles. The van der Waals surface area contributed by atoms with Gasteiger partial charge in [-0.2, -0.15) is 0 Å². The van der Waals surface area contributed by atoms with Crippen LogP contribution in [0, 0.1) is 0 Å². The van der Waals surface area contributed by atoms with Crippen LogP contribution >= 0.6 is 0 Å². The number of hydrogen-bond acceptors (Lipinski definition) is 6. The monoisotopic (exact) mass is 405 g/mol. The predicted molar refractivity (Wildman–Crippen MR) is 122 cm³/mol. The van der Waals surface area contributed by atoms with Gasteiger partial charge in [-0.3, -0.25) is 4.90 Å². The van der Waals surface area contributed by atoms with Gasteiger partial charge in [0.25, 0.3) is 0 Å². The summed E-state index contributed by atoms with van der Waals surface area (Å²) in [6.45, 7) is 12.2. The molecular formula is C23H43N5O. The molecule has 0 aromatic rings. The van der Waals surface area contributed by atoms with Crippen molar-refractivity contribution in [2.24, 2.45) is 0 Å². The van der Waals surface area contributed by atoms with E-state index in [4.69, 9.17) is 4.74 Å². The summed E-state index contributed by atoms with van der Waals surface area (Å²) in [4.78, 5) is 7.88. The minimum Gasteiger partial charge on any atom is -0.383 e. The molecule has 29 heavy (non-hydrogen) atoms. The van der Waals surface area contributed by atoms with E-state index in [2.05, 4.69) is 50.6 Å². The quantitative estimate of drug-likeness (QED) is 0.503. The first-order chi connectivity index (χ1) is 14.3. The number of piperidine rings is 1. The molecule has 2 N–H and O–H groups in total. The molecule has 2 fully saturated rings.